The number of allylic oxidation sites excluding steroid dienone is 3. The molecule has 33 heavy (non-hydrogen) atoms. The van der Waals surface area contributed by atoms with Crippen molar-refractivity contribution in [2.75, 3.05) is 38.7 Å². The van der Waals surface area contributed by atoms with E-state index in [1.165, 1.54) is 0 Å². The number of hydrogen-bond acceptors (Lipinski definition) is 7. The molecule has 2 aromatic heterocycles. The first-order chi connectivity index (χ1) is 15.8. The Hall–Kier alpha value is -2.43. The number of rotatable bonds is 14. The Morgan fingerprint density at radius 3 is 2.61 bits per heavy atom. The van der Waals surface area contributed by atoms with E-state index in [0.29, 0.717) is 38.0 Å². The number of anilines is 1. The zero-order valence-electron chi connectivity index (χ0n) is 19.7. The van der Waals surface area contributed by atoms with Crippen molar-refractivity contribution < 1.29 is 15.0 Å². The van der Waals surface area contributed by atoms with Gasteiger partial charge in [0.15, 0.2) is 5.65 Å². The molecule has 0 saturated heterocycles. The number of unbranched alkanes of at least 4 members (excludes halogenated alkanes) is 1. The number of aliphatic hydroxyl groups is 1. The Balaban J connectivity index is 2.58. The molecule has 2 rings (SSSR count). The number of carboxylic acid groups (broad SMARTS) is 1. The van der Waals surface area contributed by atoms with Crippen molar-refractivity contribution in [1.29, 1.82) is 0 Å². The number of carboxylic acids is 1. The van der Waals surface area contributed by atoms with Gasteiger partial charge < -0.3 is 25.7 Å². The molecule has 4 N–H and O–H groups in total. The lowest BCUT2D eigenvalue weighted by atomic mass is 10.1. The lowest BCUT2D eigenvalue weighted by Crippen LogP contribution is -2.29. The van der Waals surface area contributed by atoms with Gasteiger partial charge in [-0.05, 0) is 41.6 Å². The zero-order chi connectivity index (χ0) is 24.4. The van der Waals surface area contributed by atoms with Crippen molar-refractivity contribution >= 4 is 38.9 Å². The second-order valence-electron chi connectivity index (χ2n) is 7.97. The van der Waals surface area contributed by atoms with Gasteiger partial charge in [0.05, 0.1) is 16.4 Å². The highest BCUT2D eigenvalue weighted by Crippen LogP contribution is 2.32. The second kappa shape index (κ2) is 13.3. The van der Waals surface area contributed by atoms with Crippen LogP contribution in [0, 0.1) is 0 Å². The molecule has 0 aliphatic carbocycles. The molecule has 2 heterocycles. The summed E-state index contributed by atoms with van der Waals surface area (Å²) in [5.41, 5.74) is 9.48. The van der Waals surface area contributed by atoms with Crippen LogP contribution in [0.25, 0.3) is 11.2 Å². The summed E-state index contributed by atoms with van der Waals surface area (Å²) in [6, 6.07) is 0. The van der Waals surface area contributed by atoms with Crippen molar-refractivity contribution in [3.8, 4) is 0 Å². The molecule has 0 bridgehead atoms. The number of fused-ring (bicyclic) bond motifs is 1. The van der Waals surface area contributed by atoms with Gasteiger partial charge >= 0.3 is 5.97 Å². The van der Waals surface area contributed by atoms with Crippen LogP contribution < -0.4 is 10.6 Å². The van der Waals surface area contributed by atoms with Gasteiger partial charge in [0.2, 0.25) is 0 Å². The summed E-state index contributed by atoms with van der Waals surface area (Å²) >= 11 is 3.68. The van der Waals surface area contributed by atoms with E-state index in [9.17, 15) is 9.90 Å². The third-order valence-corrected chi connectivity index (χ3v) is 5.86. The van der Waals surface area contributed by atoms with E-state index in [1.54, 1.807) is 10.7 Å². The molecule has 0 aliphatic heterocycles. The van der Waals surface area contributed by atoms with Crippen LogP contribution in [-0.2, 0) is 11.3 Å². The molecule has 182 valence electrons. The average molecular weight is 523 g/mol. The first kappa shape index (κ1) is 26.8. The Morgan fingerprint density at radius 1 is 1.27 bits per heavy atom. The molecule has 0 unspecified atom stereocenters. The number of aromatic nitrogens is 3. The largest absolute Gasteiger partial charge is 0.481 e. The Bertz CT molecular complexity index is 986. The van der Waals surface area contributed by atoms with Crippen LogP contribution in [0.1, 0.15) is 50.3 Å². The highest BCUT2D eigenvalue weighted by atomic mass is 79.9. The molecule has 0 atom stereocenters. The van der Waals surface area contributed by atoms with Crippen molar-refractivity contribution in [2.45, 2.75) is 45.6 Å². The van der Waals surface area contributed by atoms with E-state index >= 15 is 0 Å². The number of hydrogen-bond donors (Lipinski definition) is 3. The van der Waals surface area contributed by atoms with E-state index in [1.807, 2.05) is 25.2 Å². The minimum absolute atomic E-state index is 0.0602. The lowest BCUT2D eigenvalue weighted by Gasteiger charge is -2.26. The minimum atomic E-state index is -0.799. The monoisotopic (exact) mass is 522 g/mol. The van der Waals surface area contributed by atoms with Crippen LogP contribution in [-0.4, -0.2) is 69.5 Å². The minimum Gasteiger partial charge on any atom is -0.481 e. The van der Waals surface area contributed by atoms with Crippen LogP contribution in [0.3, 0.4) is 0 Å². The molecule has 2 aromatic rings. The van der Waals surface area contributed by atoms with E-state index in [-0.39, 0.29) is 19.6 Å². The molecular formula is C23H35BrN6O3. The summed E-state index contributed by atoms with van der Waals surface area (Å²) in [5.74, 6) is -0.0792. The predicted octanol–water partition coefficient (Wildman–Crippen LogP) is 3.26. The Kier molecular flexibility index (Phi) is 10.8. The highest BCUT2D eigenvalue weighted by molar-refractivity contribution is 9.10. The standard InChI is InChI=1S/C23H35BrN6O3/c1-4-5-9-17(16-28(2)3)18-15-26-30-19(14-25)21(24)23(27-22(18)30)29(12-8-13-31)11-7-6-10-20(32)33/h5,9,15-16,31H,4,6-8,10-14,25H2,1-3H3,(H,32,33)/b9-5+,17-16+. The van der Waals surface area contributed by atoms with Crippen molar-refractivity contribution in [3.63, 3.8) is 0 Å². The maximum atomic E-state index is 10.9. The average Bonchev–Trinajstić information content (AvgIpc) is 3.19. The number of aliphatic hydroxyl groups excluding tert-OH is 1. The second-order valence-corrected chi connectivity index (χ2v) is 8.76. The van der Waals surface area contributed by atoms with E-state index in [4.69, 9.17) is 15.8 Å². The highest BCUT2D eigenvalue weighted by Gasteiger charge is 2.21. The molecule has 0 spiro atoms. The first-order valence-electron chi connectivity index (χ1n) is 11.2. The molecule has 0 fully saturated rings. The van der Waals surface area contributed by atoms with E-state index in [0.717, 1.165) is 33.5 Å². The molecule has 0 radical (unpaired) electrons. The maximum absolute atomic E-state index is 10.9. The van der Waals surface area contributed by atoms with Crippen molar-refractivity contribution in [2.24, 2.45) is 5.73 Å². The summed E-state index contributed by atoms with van der Waals surface area (Å²) < 4.78 is 2.52. The number of carbonyl (C=O) groups is 1. The van der Waals surface area contributed by atoms with Gasteiger partial charge in [-0.1, -0.05) is 19.1 Å². The Labute approximate surface area is 203 Å². The summed E-state index contributed by atoms with van der Waals surface area (Å²) in [5, 5.41) is 22.9. The summed E-state index contributed by atoms with van der Waals surface area (Å²) in [4.78, 5) is 19.9. The normalized spacial score (nSPS) is 12.1. The van der Waals surface area contributed by atoms with Crippen LogP contribution in [0.15, 0.2) is 29.0 Å². The van der Waals surface area contributed by atoms with Gasteiger partial charge in [-0.25, -0.2) is 9.50 Å². The van der Waals surface area contributed by atoms with Crippen LogP contribution in [0.2, 0.25) is 0 Å². The van der Waals surface area contributed by atoms with Crippen molar-refractivity contribution in [3.05, 3.63) is 40.3 Å². The van der Waals surface area contributed by atoms with Gasteiger partial charge in [0.25, 0.3) is 0 Å². The molecule has 10 heteroatoms. The molecule has 0 aromatic carbocycles. The summed E-state index contributed by atoms with van der Waals surface area (Å²) in [6.45, 7) is 3.62. The van der Waals surface area contributed by atoms with Crippen LogP contribution in [0.5, 0.6) is 0 Å². The molecular weight excluding hydrogens is 488 g/mol. The first-order valence-corrected chi connectivity index (χ1v) is 12.0. The summed E-state index contributed by atoms with van der Waals surface area (Å²) in [6.07, 6.45) is 10.9. The van der Waals surface area contributed by atoms with Gasteiger partial charge in [-0.2, -0.15) is 5.10 Å². The molecule has 0 amide bonds. The number of aliphatic carboxylic acids is 1. The van der Waals surface area contributed by atoms with Gasteiger partial charge in [0.1, 0.15) is 5.82 Å². The third kappa shape index (κ3) is 7.28. The zero-order valence-corrected chi connectivity index (χ0v) is 21.3. The third-order valence-electron chi connectivity index (χ3n) is 5.05. The fourth-order valence-corrected chi connectivity index (χ4v) is 4.17. The SMILES string of the molecule is CC/C=C/C(=C\N(C)C)c1cnn2c(CN)c(Br)c(N(CCCO)CCCCC(=O)O)nc12. The van der Waals surface area contributed by atoms with E-state index in [2.05, 4.69) is 45.0 Å². The topological polar surface area (TPSA) is 120 Å². The molecule has 9 nitrogen and oxygen atoms in total. The van der Waals surface area contributed by atoms with Gasteiger partial charge in [-0.3, -0.25) is 4.79 Å². The van der Waals surface area contributed by atoms with Crippen molar-refractivity contribution in [1.82, 2.24) is 19.5 Å². The summed E-state index contributed by atoms with van der Waals surface area (Å²) in [7, 11) is 3.94. The number of nitrogens with zero attached hydrogens (tertiary/aromatic N) is 5. The fourth-order valence-electron chi connectivity index (χ4n) is 3.50. The quantitative estimate of drug-likeness (QED) is 0.255. The number of nitrogens with two attached hydrogens (primary N) is 1. The van der Waals surface area contributed by atoms with Crippen LogP contribution in [0.4, 0.5) is 5.82 Å². The molecule has 0 saturated carbocycles. The Morgan fingerprint density at radius 2 is 2.00 bits per heavy atom. The molecule has 0 aliphatic rings. The number of halogens is 1. The smallest absolute Gasteiger partial charge is 0.303 e. The van der Waals surface area contributed by atoms with Crippen LogP contribution >= 0.6 is 15.9 Å². The lowest BCUT2D eigenvalue weighted by molar-refractivity contribution is -0.137. The van der Waals surface area contributed by atoms with Gasteiger partial charge in [0, 0.05) is 64.1 Å². The maximum Gasteiger partial charge on any atom is 0.303 e. The fraction of sp³-hybridized carbons (Fsp3) is 0.522. The van der Waals surface area contributed by atoms with Gasteiger partial charge in [-0.15, -0.1) is 0 Å². The predicted molar refractivity (Wildman–Crippen MR) is 135 cm³/mol. The van der Waals surface area contributed by atoms with E-state index < -0.39 is 5.97 Å².